The molecule has 36 heavy (non-hydrogen) atoms. The van der Waals surface area contributed by atoms with E-state index < -0.39 is 5.91 Å². The first-order valence-electron chi connectivity index (χ1n) is 11.8. The largest absolute Gasteiger partial charge is 0.487 e. The van der Waals surface area contributed by atoms with Gasteiger partial charge in [0.25, 0.3) is 0 Å². The molecule has 0 fully saturated rings. The molecule has 0 aliphatic rings. The van der Waals surface area contributed by atoms with Crippen molar-refractivity contribution < 1.29 is 18.7 Å². The minimum Gasteiger partial charge on any atom is -0.487 e. The first-order valence-corrected chi connectivity index (χ1v) is 11.8. The van der Waals surface area contributed by atoms with Crippen molar-refractivity contribution in [3.8, 4) is 17.2 Å². The fourth-order valence-corrected chi connectivity index (χ4v) is 3.72. The molecule has 0 saturated heterocycles. The Hall–Kier alpha value is -4.26. The molecule has 1 amide bonds. The maximum atomic E-state index is 12.4. The fourth-order valence-electron chi connectivity index (χ4n) is 3.72. The van der Waals surface area contributed by atoms with Crippen LogP contribution in [0.1, 0.15) is 54.0 Å². The van der Waals surface area contributed by atoms with Crippen molar-refractivity contribution in [1.82, 2.24) is 9.99 Å². The predicted molar refractivity (Wildman–Crippen MR) is 140 cm³/mol. The van der Waals surface area contributed by atoms with Crippen LogP contribution in [0.25, 0.3) is 5.69 Å². The second-order valence-corrected chi connectivity index (χ2v) is 9.45. The van der Waals surface area contributed by atoms with Crippen molar-refractivity contribution in [3.05, 3.63) is 101 Å². The van der Waals surface area contributed by atoms with Gasteiger partial charge in [0, 0.05) is 22.6 Å². The number of aromatic nitrogens is 1. The highest BCUT2D eigenvalue weighted by Gasteiger charge is 2.14. The number of nitrogens with one attached hydrogen (secondary N) is 1. The number of aryl methyl sites for hydroxylation is 2. The molecule has 2 aromatic carbocycles. The number of hydrogen-bond acceptors (Lipinski definition) is 5. The summed E-state index contributed by atoms with van der Waals surface area (Å²) < 4.78 is 19.6. The molecule has 7 heteroatoms. The number of hydrogen-bond donors (Lipinski definition) is 1. The van der Waals surface area contributed by atoms with E-state index in [2.05, 4.69) is 41.1 Å². The molecule has 7 nitrogen and oxygen atoms in total. The minimum absolute atomic E-state index is 0.152. The van der Waals surface area contributed by atoms with Crippen molar-refractivity contribution in [2.75, 3.05) is 0 Å². The summed E-state index contributed by atoms with van der Waals surface area (Å²) in [6.07, 6.45) is 1.55. The second-order valence-electron chi connectivity index (χ2n) is 9.45. The lowest BCUT2D eigenvalue weighted by atomic mass is 10.1. The van der Waals surface area contributed by atoms with Gasteiger partial charge in [-0.3, -0.25) is 4.79 Å². The number of rotatable bonds is 8. The van der Waals surface area contributed by atoms with Crippen LogP contribution in [0, 0.1) is 13.8 Å². The van der Waals surface area contributed by atoms with Gasteiger partial charge in [-0.25, -0.2) is 5.43 Å². The summed E-state index contributed by atoms with van der Waals surface area (Å²) in [5.41, 5.74) is 6.33. The van der Waals surface area contributed by atoms with Gasteiger partial charge in [0.1, 0.15) is 29.5 Å². The SMILES string of the molecule is Cc1ccc(C)n1-c1ccc(OCc2ccc(C(=O)N/N=C/c3ccccc3OC(C)(C)C)o2)cc1. The zero-order valence-corrected chi connectivity index (χ0v) is 21.2. The average Bonchev–Trinajstić information content (AvgIpc) is 3.44. The van der Waals surface area contributed by atoms with Crippen LogP contribution in [0.3, 0.4) is 0 Å². The molecule has 0 saturated carbocycles. The van der Waals surface area contributed by atoms with E-state index in [-0.39, 0.29) is 18.0 Å². The topological polar surface area (TPSA) is 78.0 Å². The first-order chi connectivity index (χ1) is 17.2. The van der Waals surface area contributed by atoms with Gasteiger partial charge in [-0.05, 0) is 95.3 Å². The summed E-state index contributed by atoms with van der Waals surface area (Å²) in [6.45, 7) is 10.3. The number of nitrogens with zero attached hydrogens (tertiary/aromatic N) is 2. The van der Waals surface area contributed by atoms with Gasteiger partial charge in [-0.15, -0.1) is 0 Å². The molecule has 0 spiro atoms. The van der Waals surface area contributed by atoms with Gasteiger partial charge >= 0.3 is 5.91 Å². The molecule has 1 N–H and O–H groups in total. The van der Waals surface area contributed by atoms with Crippen LogP contribution in [0.5, 0.6) is 11.5 Å². The maximum absolute atomic E-state index is 12.4. The van der Waals surface area contributed by atoms with Crippen molar-refractivity contribution in [3.63, 3.8) is 0 Å². The van der Waals surface area contributed by atoms with Gasteiger partial charge in [0.15, 0.2) is 5.76 Å². The molecule has 2 aromatic heterocycles. The Morgan fingerprint density at radius 2 is 1.67 bits per heavy atom. The van der Waals surface area contributed by atoms with E-state index in [1.807, 2.05) is 69.3 Å². The van der Waals surface area contributed by atoms with Gasteiger partial charge in [-0.2, -0.15) is 5.10 Å². The van der Waals surface area contributed by atoms with E-state index in [4.69, 9.17) is 13.9 Å². The van der Waals surface area contributed by atoms with E-state index >= 15 is 0 Å². The van der Waals surface area contributed by atoms with E-state index in [1.54, 1.807) is 18.3 Å². The molecule has 0 atom stereocenters. The number of hydrazone groups is 1. The lowest BCUT2D eigenvalue weighted by molar-refractivity contribution is 0.0923. The summed E-state index contributed by atoms with van der Waals surface area (Å²) in [5.74, 6) is 1.64. The molecule has 4 rings (SSSR count). The third-order valence-electron chi connectivity index (χ3n) is 5.34. The zero-order valence-electron chi connectivity index (χ0n) is 21.2. The molecular formula is C29H31N3O4. The Morgan fingerprint density at radius 1 is 0.972 bits per heavy atom. The Kier molecular flexibility index (Phi) is 7.29. The molecule has 2 heterocycles. The van der Waals surface area contributed by atoms with Crippen LogP contribution in [-0.2, 0) is 6.61 Å². The van der Waals surface area contributed by atoms with Crippen molar-refractivity contribution in [2.24, 2.45) is 5.10 Å². The lowest BCUT2D eigenvalue weighted by Gasteiger charge is -2.22. The predicted octanol–water partition coefficient (Wildman–Crippen LogP) is 6.21. The van der Waals surface area contributed by atoms with E-state index in [9.17, 15) is 4.79 Å². The quantitative estimate of drug-likeness (QED) is 0.238. The molecule has 4 aromatic rings. The van der Waals surface area contributed by atoms with Crippen molar-refractivity contribution in [1.29, 1.82) is 0 Å². The Morgan fingerprint density at radius 3 is 2.36 bits per heavy atom. The summed E-state index contributed by atoms with van der Waals surface area (Å²) in [7, 11) is 0. The van der Waals surface area contributed by atoms with Gasteiger partial charge in [0.2, 0.25) is 0 Å². The number of para-hydroxylation sites is 1. The normalized spacial score (nSPS) is 11.6. The van der Waals surface area contributed by atoms with Gasteiger partial charge < -0.3 is 18.5 Å². The molecule has 0 aliphatic heterocycles. The highest BCUT2D eigenvalue weighted by molar-refractivity contribution is 5.92. The van der Waals surface area contributed by atoms with E-state index in [0.717, 1.165) is 11.3 Å². The van der Waals surface area contributed by atoms with E-state index in [0.29, 0.717) is 17.3 Å². The Labute approximate surface area is 211 Å². The van der Waals surface area contributed by atoms with Gasteiger partial charge in [0.05, 0.1) is 6.21 Å². The van der Waals surface area contributed by atoms with Crippen LogP contribution in [-0.4, -0.2) is 22.3 Å². The number of carbonyl (C=O) groups is 1. The minimum atomic E-state index is -0.450. The molecule has 0 aliphatic carbocycles. The van der Waals surface area contributed by atoms with Crippen molar-refractivity contribution in [2.45, 2.75) is 46.8 Å². The summed E-state index contributed by atoms with van der Waals surface area (Å²) in [4.78, 5) is 12.4. The van der Waals surface area contributed by atoms with Gasteiger partial charge in [-0.1, -0.05) is 12.1 Å². The second kappa shape index (κ2) is 10.6. The number of amides is 1. The third-order valence-corrected chi connectivity index (χ3v) is 5.34. The highest BCUT2D eigenvalue weighted by Crippen LogP contribution is 2.22. The smallest absolute Gasteiger partial charge is 0.307 e. The fraction of sp³-hybridized carbons (Fsp3) is 0.241. The standard InChI is InChI=1S/C29H31N3O4/c1-20-10-11-21(2)32(20)23-12-14-24(15-13-23)34-19-25-16-17-27(35-25)28(33)31-30-18-22-8-6-7-9-26(22)36-29(3,4)5/h6-18H,19H2,1-5H3,(H,31,33)/b30-18+. The maximum Gasteiger partial charge on any atom is 0.307 e. The van der Waals surface area contributed by atoms with E-state index in [1.165, 1.54) is 11.4 Å². The number of benzene rings is 2. The van der Waals surface area contributed by atoms with Crippen molar-refractivity contribution >= 4 is 12.1 Å². The number of furan rings is 1. The molecule has 186 valence electrons. The highest BCUT2D eigenvalue weighted by atomic mass is 16.5. The van der Waals surface area contributed by atoms with Crippen LogP contribution in [0.2, 0.25) is 0 Å². The first kappa shape index (κ1) is 24.9. The zero-order chi connectivity index (χ0) is 25.7. The van der Waals surface area contributed by atoms with Crippen LogP contribution < -0.4 is 14.9 Å². The van der Waals surface area contributed by atoms with Crippen LogP contribution in [0.4, 0.5) is 0 Å². The Bertz CT molecular complexity index is 1340. The Balaban J connectivity index is 1.32. The molecule has 0 radical (unpaired) electrons. The lowest BCUT2D eigenvalue weighted by Crippen LogP contribution is -2.23. The molecule has 0 bridgehead atoms. The third kappa shape index (κ3) is 6.24. The van der Waals surface area contributed by atoms with Crippen LogP contribution in [0.15, 0.2) is 82.3 Å². The monoisotopic (exact) mass is 485 g/mol. The average molecular weight is 486 g/mol. The number of carbonyl (C=O) groups excluding carboxylic acids is 1. The van der Waals surface area contributed by atoms with Crippen LogP contribution >= 0.6 is 0 Å². The summed E-state index contributed by atoms with van der Waals surface area (Å²) in [5, 5.41) is 4.06. The molecule has 0 unspecified atom stereocenters. The summed E-state index contributed by atoms with van der Waals surface area (Å²) in [6, 6.07) is 22.9. The number of ether oxygens (including phenoxy) is 2. The molecular weight excluding hydrogens is 454 g/mol. The summed E-state index contributed by atoms with van der Waals surface area (Å²) >= 11 is 0.